The highest BCUT2D eigenvalue weighted by atomic mass is 15.1. The Morgan fingerprint density at radius 2 is 2.23 bits per heavy atom. The van der Waals surface area contributed by atoms with Gasteiger partial charge < -0.3 is 0 Å². The number of allylic oxidation sites excluding steroid dienone is 5. The molecule has 1 unspecified atom stereocenters. The predicted octanol–water partition coefficient (Wildman–Crippen LogP) is 1.91. The molecule has 0 radical (unpaired) electrons. The van der Waals surface area contributed by atoms with Gasteiger partial charge >= 0.3 is 0 Å². The summed E-state index contributed by atoms with van der Waals surface area (Å²) in [6, 6.07) is 0. The molecule has 66 valence electrons. The summed E-state index contributed by atoms with van der Waals surface area (Å²) in [6.07, 6.45) is 11.3. The Labute approximate surface area is 78.7 Å². The summed E-state index contributed by atoms with van der Waals surface area (Å²) in [5, 5.41) is 0. The third kappa shape index (κ3) is 0.971. The number of hydrogen-bond donors (Lipinski definition) is 0. The van der Waals surface area contributed by atoms with Gasteiger partial charge in [0.1, 0.15) is 0 Å². The van der Waals surface area contributed by atoms with Crippen LogP contribution in [0.15, 0.2) is 47.1 Å². The molecule has 0 bridgehead atoms. The zero-order valence-corrected chi connectivity index (χ0v) is 7.83. The molecule has 1 heteroatoms. The molecule has 0 spiro atoms. The molecule has 0 aromatic rings. The fourth-order valence-electron chi connectivity index (χ4n) is 2.46. The maximum Gasteiger partial charge on any atom is 0.0250 e. The van der Waals surface area contributed by atoms with E-state index in [0.717, 1.165) is 13.1 Å². The lowest BCUT2D eigenvalue weighted by Crippen LogP contribution is -2.16. The molecule has 1 nitrogen and oxygen atoms in total. The zero-order valence-electron chi connectivity index (χ0n) is 7.83. The summed E-state index contributed by atoms with van der Waals surface area (Å²) in [4.78, 5) is 2.38. The van der Waals surface area contributed by atoms with E-state index in [-0.39, 0.29) is 0 Å². The molecule has 3 rings (SSSR count). The minimum absolute atomic E-state index is 0.602. The van der Waals surface area contributed by atoms with Crippen molar-refractivity contribution in [3.8, 4) is 0 Å². The van der Waals surface area contributed by atoms with Gasteiger partial charge in [0.2, 0.25) is 0 Å². The molecule has 0 saturated heterocycles. The van der Waals surface area contributed by atoms with Gasteiger partial charge in [-0.15, -0.1) is 0 Å². The molecule has 0 amide bonds. The first-order valence-corrected chi connectivity index (χ1v) is 4.81. The van der Waals surface area contributed by atoms with Crippen molar-refractivity contribution in [3.63, 3.8) is 0 Å². The van der Waals surface area contributed by atoms with Gasteiger partial charge in [-0.25, -0.2) is 0 Å². The van der Waals surface area contributed by atoms with E-state index in [2.05, 4.69) is 42.3 Å². The maximum atomic E-state index is 2.38. The van der Waals surface area contributed by atoms with E-state index in [1.165, 1.54) is 11.1 Å². The van der Waals surface area contributed by atoms with Gasteiger partial charge in [-0.2, -0.15) is 0 Å². The van der Waals surface area contributed by atoms with Crippen molar-refractivity contribution in [1.29, 1.82) is 0 Å². The quantitative estimate of drug-likeness (QED) is 0.538. The van der Waals surface area contributed by atoms with E-state index in [1.807, 2.05) is 0 Å². The van der Waals surface area contributed by atoms with Crippen LogP contribution < -0.4 is 0 Å². The largest absolute Gasteiger partial charge is 0.298 e. The first-order valence-electron chi connectivity index (χ1n) is 4.81. The van der Waals surface area contributed by atoms with Crippen LogP contribution in [0.1, 0.15) is 0 Å². The van der Waals surface area contributed by atoms with Crippen LogP contribution in [-0.4, -0.2) is 25.0 Å². The van der Waals surface area contributed by atoms with Gasteiger partial charge in [-0.3, -0.25) is 4.90 Å². The Balaban J connectivity index is 2.04. The Bertz CT molecular complexity index is 369. The van der Waals surface area contributed by atoms with Crippen LogP contribution in [0, 0.1) is 5.92 Å². The van der Waals surface area contributed by atoms with Crippen LogP contribution in [-0.2, 0) is 0 Å². The van der Waals surface area contributed by atoms with Crippen molar-refractivity contribution in [2.24, 2.45) is 5.92 Å². The molecule has 0 aromatic heterocycles. The minimum Gasteiger partial charge on any atom is -0.298 e. The van der Waals surface area contributed by atoms with E-state index in [1.54, 1.807) is 5.57 Å². The third-order valence-corrected chi connectivity index (χ3v) is 3.10. The van der Waals surface area contributed by atoms with Gasteiger partial charge in [-0.1, -0.05) is 30.4 Å². The SMILES string of the molecule is CN1CC2=C(C1)C1C=CC=C1C=C2. The second kappa shape index (κ2) is 2.46. The van der Waals surface area contributed by atoms with Gasteiger partial charge in [-0.05, 0) is 23.8 Å². The topological polar surface area (TPSA) is 3.24 Å². The molecule has 0 aromatic carbocycles. The van der Waals surface area contributed by atoms with Gasteiger partial charge in [0, 0.05) is 19.0 Å². The first-order chi connectivity index (χ1) is 6.34. The second-order valence-corrected chi connectivity index (χ2v) is 4.09. The lowest BCUT2D eigenvalue weighted by Gasteiger charge is -2.17. The van der Waals surface area contributed by atoms with Crippen molar-refractivity contribution in [2.75, 3.05) is 20.1 Å². The van der Waals surface area contributed by atoms with E-state index >= 15 is 0 Å². The molecule has 1 aliphatic heterocycles. The van der Waals surface area contributed by atoms with Crippen molar-refractivity contribution < 1.29 is 0 Å². The van der Waals surface area contributed by atoms with Crippen molar-refractivity contribution in [2.45, 2.75) is 0 Å². The molecule has 0 saturated carbocycles. The lowest BCUT2D eigenvalue weighted by molar-refractivity contribution is 0.422. The normalized spacial score (nSPS) is 30.8. The van der Waals surface area contributed by atoms with Crippen LogP contribution in [0.5, 0.6) is 0 Å². The lowest BCUT2D eigenvalue weighted by atomic mass is 9.87. The number of rotatable bonds is 0. The number of nitrogens with zero attached hydrogens (tertiary/aromatic N) is 1. The van der Waals surface area contributed by atoms with Crippen LogP contribution >= 0.6 is 0 Å². The average Bonchev–Trinajstić information content (AvgIpc) is 2.65. The minimum atomic E-state index is 0.602. The highest BCUT2D eigenvalue weighted by Crippen LogP contribution is 2.37. The number of fused-ring (bicyclic) bond motifs is 2. The monoisotopic (exact) mass is 171 g/mol. The summed E-state index contributed by atoms with van der Waals surface area (Å²) < 4.78 is 0. The summed E-state index contributed by atoms with van der Waals surface area (Å²) >= 11 is 0. The van der Waals surface area contributed by atoms with E-state index < -0.39 is 0 Å². The van der Waals surface area contributed by atoms with Crippen LogP contribution in [0.2, 0.25) is 0 Å². The van der Waals surface area contributed by atoms with E-state index in [0.29, 0.717) is 5.92 Å². The molecular formula is C12H13N. The Hall–Kier alpha value is -1.08. The molecule has 1 atom stereocenters. The molecule has 0 fully saturated rings. The van der Waals surface area contributed by atoms with Crippen LogP contribution in [0.4, 0.5) is 0 Å². The fraction of sp³-hybridized carbons (Fsp3) is 0.333. The Kier molecular flexibility index (Phi) is 1.39. The van der Waals surface area contributed by atoms with Crippen LogP contribution in [0.25, 0.3) is 0 Å². The summed E-state index contributed by atoms with van der Waals surface area (Å²) in [7, 11) is 2.19. The van der Waals surface area contributed by atoms with E-state index in [9.17, 15) is 0 Å². The van der Waals surface area contributed by atoms with Gasteiger partial charge in [0.25, 0.3) is 0 Å². The molecule has 1 heterocycles. The van der Waals surface area contributed by atoms with Crippen molar-refractivity contribution in [3.05, 3.63) is 47.1 Å². The predicted molar refractivity (Wildman–Crippen MR) is 54.4 cm³/mol. The van der Waals surface area contributed by atoms with Gasteiger partial charge in [0.05, 0.1) is 0 Å². The fourth-order valence-corrected chi connectivity index (χ4v) is 2.46. The standard InChI is InChI=1S/C12H13N/c1-13-7-10-6-5-9-3-2-4-11(9)12(10)8-13/h2-6,11H,7-8H2,1H3. The molecule has 3 aliphatic rings. The molecule has 13 heavy (non-hydrogen) atoms. The van der Waals surface area contributed by atoms with Gasteiger partial charge in [0.15, 0.2) is 0 Å². The van der Waals surface area contributed by atoms with Crippen molar-refractivity contribution >= 4 is 0 Å². The molecule has 2 aliphatic carbocycles. The summed E-state index contributed by atoms with van der Waals surface area (Å²) in [6.45, 7) is 2.27. The highest BCUT2D eigenvalue weighted by molar-refractivity contribution is 5.52. The smallest absolute Gasteiger partial charge is 0.0250 e. The Morgan fingerprint density at radius 3 is 3.15 bits per heavy atom. The van der Waals surface area contributed by atoms with Crippen molar-refractivity contribution in [1.82, 2.24) is 4.90 Å². The number of hydrogen-bond acceptors (Lipinski definition) is 1. The zero-order chi connectivity index (χ0) is 8.84. The third-order valence-electron chi connectivity index (χ3n) is 3.10. The summed E-state index contributed by atoms with van der Waals surface area (Å²) in [5.74, 6) is 0.602. The summed E-state index contributed by atoms with van der Waals surface area (Å²) in [5.41, 5.74) is 4.62. The Morgan fingerprint density at radius 1 is 1.31 bits per heavy atom. The highest BCUT2D eigenvalue weighted by Gasteiger charge is 2.28. The second-order valence-electron chi connectivity index (χ2n) is 4.09. The molecular weight excluding hydrogens is 158 g/mol. The maximum absolute atomic E-state index is 2.38. The molecule has 0 N–H and O–H groups in total. The van der Waals surface area contributed by atoms with E-state index in [4.69, 9.17) is 0 Å². The number of likely N-dealkylation sites (N-methyl/N-ethyl adjacent to an activating group) is 1. The van der Waals surface area contributed by atoms with Crippen LogP contribution in [0.3, 0.4) is 0 Å². The average molecular weight is 171 g/mol. The first kappa shape index (κ1) is 7.34.